The second-order valence-corrected chi connectivity index (χ2v) is 6.87. The summed E-state index contributed by atoms with van der Waals surface area (Å²) >= 11 is 6.26. The van der Waals surface area contributed by atoms with Gasteiger partial charge in [0.05, 0.1) is 24.0 Å². The highest BCUT2D eigenvalue weighted by Gasteiger charge is 2.20. The number of nitrogens with zero attached hydrogens (tertiary/aromatic N) is 3. The number of nitrogens with one attached hydrogen (secondary N) is 3. The number of hydrogen-bond donors (Lipinski definition) is 3. The van der Waals surface area contributed by atoms with E-state index in [2.05, 4.69) is 50.0 Å². The molecule has 0 saturated carbocycles. The second-order valence-electron chi connectivity index (χ2n) is 6.46. The fraction of sp³-hybridized carbons (Fsp3) is 0.333. The Morgan fingerprint density at radius 2 is 2.08 bits per heavy atom. The Labute approximate surface area is 157 Å². The Morgan fingerprint density at radius 1 is 1.27 bits per heavy atom. The largest absolute Gasteiger partial charge is 0.495 e. The summed E-state index contributed by atoms with van der Waals surface area (Å²) in [6.45, 7) is 1.98. The van der Waals surface area contributed by atoms with Gasteiger partial charge in [0, 0.05) is 25.5 Å². The number of fused-ring (bicyclic) bond motifs is 1. The second kappa shape index (κ2) is 7.01. The van der Waals surface area contributed by atoms with E-state index in [0.29, 0.717) is 16.7 Å². The number of halogens is 1. The van der Waals surface area contributed by atoms with Gasteiger partial charge >= 0.3 is 0 Å². The number of anilines is 2. The number of aromatic nitrogens is 2. The first-order valence-corrected chi connectivity index (χ1v) is 8.87. The van der Waals surface area contributed by atoms with E-state index in [4.69, 9.17) is 16.3 Å². The molecule has 2 aliphatic heterocycles. The van der Waals surface area contributed by atoms with Crippen LogP contribution in [0.1, 0.15) is 23.0 Å². The average Bonchev–Trinajstić information content (AvgIpc) is 3.17. The first-order chi connectivity index (χ1) is 12.6. The van der Waals surface area contributed by atoms with Crippen LogP contribution in [0.5, 0.6) is 5.75 Å². The predicted molar refractivity (Wildman–Crippen MR) is 102 cm³/mol. The van der Waals surface area contributed by atoms with Gasteiger partial charge in [0.25, 0.3) is 0 Å². The molecule has 3 heterocycles. The summed E-state index contributed by atoms with van der Waals surface area (Å²) in [7, 11) is 3.80. The van der Waals surface area contributed by atoms with Crippen LogP contribution in [0.3, 0.4) is 0 Å². The van der Waals surface area contributed by atoms with E-state index in [1.807, 2.05) is 12.4 Å². The molecule has 1 aromatic carbocycles. The van der Waals surface area contributed by atoms with Crippen LogP contribution in [-0.2, 0) is 13.0 Å². The third-order valence-corrected chi connectivity index (χ3v) is 4.92. The summed E-state index contributed by atoms with van der Waals surface area (Å²) in [5.74, 6) is 1.26. The zero-order valence-corrected chi connectivity index (χ0v) is 15.5. The SMILES string of the molecule is COc1cc2c(cc1Nc1ncc(Cl)c(C3NC=CN3)n1)CN(C)CC2. The highest BCUT2D eigenvalue weighted by molar-refractivity contribution is 6.31. The van der Waals surface area contributed by atoms with Crippen molar-refractivity contribution in [1.82, 2.24) is 25.5 Å². The molecule has 3 N–H and O–H groups in total. The molecule has 0 amide bonds. The van der Waals surface area contributed by atoms with E-state index >= 15 is 0 Å². The topological polar surface area (TPSA) is 74.3 Å². The molecule has 0 fully saturated rings. The minimum absolute atomic E-state index is 0.162. The molecule has 0 spiro atoms. The molecule has 4 rings (SSSR count). The zero-order chi connectivity index (χ0) is 18.1. The van der Waals surface area contributed by atoms with Gasteiger partial charge in [-0.25, -0.2) is 9.97 Å². The highest BCUT2D eigenvalue weighted by Crippen LogP contribution is 2.33. The van der Waals surface area contributed by atoms with Crippen LogP contribution >= 0.6 is 11.6 Å². The van der Waals surface area contributed by atoms with Crippen LogP contribution in [0.4, 0.5) is 11.6 Å². The Balaban J connectivity index is 1.64. The summed E-state index contributed by atoms with van der Waals surface area (Å²) in [4.78, 5) is 11.2. The molecule has 8 heteroatoms. The van der Waals surface area contributed by atoms with Crippen molar-refractivity contribution in [2.24, 2.45) is 0 Å². The van der Waals surface area contributed by atoms with E-state index in [9.17, 15) is 0 Å². The van der Waals surface area contributed by atoms with E-state index in [1.165, 1.54) is 11.1 Å². The summed E-state index contributed by atoms with van der Waals surface area (Å²) in [6, 6.07) is 4.22. The lowest BCUT2D eigenvalue weighted by atomic mass is 9.99. The Morgan fingerprint density at radius 3 is 2.85 bits per heavy atom. The van der Waals surface area contributed by atoms with Gasteiger partial charge in [-0.1, -0.05) is 11.6 Å². The Hall–Kier alpha value is -2.51. The van der Waals surface area contributed by atoms with Crippen LogP contribution in [0.2, 0.25) is 5.02 Å². The molecular formula is C18H21ClN6O. The molecule has 2 aliphatic rings. The maximum Gasteiger partial charge on any atom is 0.227 e. The quantitative estimate of drug-likeness (QED) is 0.761. The molecule has 2 aromatic rings. The van der Waals surface area contributed by atoms with E-state index in [-0.39, 0.29) is 6.17 Å². The van der Waals surface area contributed by atoms with Gasteiger partial charge in [-0.15, -0.1) is 0 Å². The third kappa shape index (κ3) is 3.27. The molecule has 136 valence electrons. The van der Waals surface area contributed by atoms with Crippen molar-refractivity contribution in [1.29, 1.82) is 0 Å². The fourth-order valence-electron chi connectivity index (χ4n) is 3.25. The van der Waals surface area contributed by atoms with Crippen LogP contribution in [0.15, 0.2) is 30.7 Å². The van der Waals surface area contributed by atoms with Gasteiger partial charge in [-0.2, -0.15) is 0 Å². The molecule has 0 radical (unpaired) electrons. The van der Waals surface area contributed by atoms with Crippen molar-refractivity contribution >= 4 is 23.2 Å². The summed E-state index contributed by atoms with van der Waals surface area (Å²) < 4.78 is 5.57. The molecule has 0 aliphatic carbocycles. The minimum atomic E-state index is -0.162. The number of ether oxygens (including phenoxy) is 1. The van der Waals surface area contributed by atoms with Gasteiger partial charge < -0.3 is 25.6 Å². The van der Waals surface area contributed by atoms with Gasteiger partial charge in [-0.05, 0) is 36.7 Å². The van der Waals surface area contributed by atoms with E-state index in [0.717, 1.165) is 30.9 Å². The van der Waals surface area contributed by atoms with Crippen molar-refractivity contribution in [3.8, 4) is 5.75 Å². The van der Waals surface area contributed by atoms with Crippen molar-refractivity contribution in [3.63, 3.8) is 0 Å². The monoisotopic (exact) mass is 372 g/mol. The van der Waals surface area contributed by atoms with E-state index < -0.39 is 0 Å². The zero-order valence-electron chi connectivity index (χ0n) is 14.7. The maximum atomic E-state index is 6.26. The number of rotatable bonds is 4. The Kier molecular flexibility index (Phi) is 4.57. The molecule has 0 bridgehead atoms. The fourth-order valence-corrected chi connectivity index (χ4v) is 3.45. The molecular weight excluding hydrogens is 352 g/mol. The van der Waals surface area contributed by atoms with Crippen LogP contribution in [-0.4, -0.2) is 35.6 Å². The molecule has 0 atom stereocenters. The smallest absolute Gasteiger partial charge is 0.227 e. The van der Waals surface area contributed by atoms with Crippen LogP contribution in [0.25, 0.3) is 0 Å². The van der Waals surface area contributed by atoms with Gasteiger partial charge in [0.1, 0.15) is 17.6 Å². The lowest BCUT2D eigenvalue weighted by Gasteiger charge is -2.26. The Bertz CT molecular complexity index is 848. The normalized spacial score (nSPS) is 16.7. The summed E-state index contributed by atoms with van der Waals surface area (Å²) in [5, 5.41) is 10.1. The molecule has 7 nitrogen and oxygen atoms in total. The molecule has 0 unspecified atom stereocenters. The average molecular weight is 373 g/mol. The summed E-state index contributed by atoms with van der Waals surface area (Å²) in [5.41, 5.74) is 4.15. The van der Waals surface area contributed by atoms with Crippen LogP contribution in [0, 0.1) is 0 Å². The van der Waals surface area contributed by atoms with Crippen molar-refractivity contribution < 1.29 is 4.74 Å². The summed E-state index contributed by atoms with van der Waals surface area (Å²) in [6.07, 6.45) is 6.10. The van der Waals surface area contributed by atoms with Crippen LogP contribution < -0.4 is 20.7 Å². The van der Waals surface area contributed by atoms with Crippen molar-refractivity contribution in [2.75, 3.05) is 26.0 Å². The molecule has 26 heavy (non-hydrogen) atoms. The van der Waals surface area contributed by atoms with Gasteiger partial charge in [0.2, 0.25) is 5.95 Å². The highest BCUT2D eigenvalue weighted by atomic mass is 35.5. The van der Waals surface area contributed by atoms with Gasteiger partial charge in [0.15, 0.2) is 0 Å². The minimum Gasteiger partial charge on any atom is -0.495 e. The third-order valence-electron chi connectivity index (χ3n) is 4.63. The van der Waals surface area contributed by atoms with E-state index in [1.54, 1.807) is 13.3 Å². The van der Waals surface area contributed by atoms with Gasteiger partial charge in [-0.3, -0.25) is 0 Å². The standard InChI is InChI=1S/C18H21ClN6O/c1-25-6-3-11-8-15(26-2)14(7-12(11)10-25)23-18-22-9-13(19)16(24-18)17-20-4-5-21-17/h4-5,7-9,17,20-21H,3,6,10H2,1-2H3,(H,22,23,24). The first-order valence-electron chi connectivity index (χ1n) is 8.49. The molecule has 1 aromatic heterocycles. The maximum absolute atomic E-state index is 6.26. The lowest BCUT2D eigenvalue weighted by Crippen LogP contribution is -2.26. The first kappa shape index (κ1) is 16.9. The number of methoxy groups -OCH3 is 1. The lowest BCUT2D eigenvalue weighted by molar-refractivity contribution is 0.312. The number of hydrogen-bond acceptors (Lipinski definition) is 7. The van der Waals surface area contributed by atoms with Crippen molar-refractivity contribution in [2.45, 2.75) is 19.1 Å². The number of benzene rings is 1. The predicted octanol–water partition coefficient (Wildman–Crippen LogP) is 2.53. The van der Waals surface area contributed by atoms with Crippen molar-refractivity contribution in [3.05, 3.63) is 52.6 Å². The molecule has 0 saturated heterocycles. The number of likely N-dealkylation sites (N-methyl/N-ethyl adjacent to an activating group) is 1.